The fourth-order valence-corrected chi connectivity index (χ4v) is 2.30. The van der Waals surface area contributed by atoms with Crippen LogP contribution in [0.15, 0.2) is 54.6 Å². The molecule has 1 spiro atoms. The van der Waals surface area contributed by atoms with Gasteiger partial charge in [0.25, 0.3) is 0 Å². The second-order valence-electron chi connectivity index (χ2n) is 4.00. The smallest absolute Gasteiger partial charge is 0.0142 e. The molecule has 0 aromatic heterocycles. The lowest BCUT2D eigenvalue weighted by molar-refractivity contribution is 0.820. The number of rotatable bonds is 1. The maximum Gasteiger partial charge on any atom is 0.0142 e. The molecule has 0 heteroatoms. The minimum atomic E-state index is 0.404. The van der Waals surface area contributed by atoms with Gasteiger partial charge >= 0.3 is 0 Å². The molecule has 13 heavy (non-hydrogen) atoms. The topological polar surface area (TPSA) is 0 Å². The van der Waals surface area contributed by atoms with E-state index in [-0.39, 0.29) is 0 Å². The van der Waals surface area contributed by atoms with E-state index in [1.54, 1.807) is 0 Å². The Balaban J connectivity index is 1.92. The Hall–Kier alpha value is -1.30. The molecule has 1 atom stereocenters. The van der Waals surface area contributed by atoms with Gasteiger partial charge in [0.05, 0.1) is 0 Å². The third-order valence-corrected chi connectivity index (χ3v) is 3.17. The summed E-state index contributed by atoms with van der Waals surface area (Å²) < 4.78 is 0. The molecule has 1 aromatic rings. The highest BCUT2D eigenvalue weighted by atomic mass is 14.5. The lowest BCUT2D eigenvalue weighted by Gasteiger charge is -2.03. The van der Waals surface area contributed by atoms with Crippen molar-refractivity contribution in [1.29, 1.82) is 0 Å². The molecule has 0 aliphatic heterocycles. The van der Waals surface area contributed by atoms with Crippen molar-refractivity contribution >= 4 is 0 Å². The lowest BCUT2D eigenvalue weighted by Crippen LogP contribution is -1.91. The molecule has 0 unspecified atom stereocenters. The van der Waals surface area contributed by atoms with Gasteiger partial charge in [-0.2, -0.15) is 0 Å². The van der Waals surface area contributed by atoms with E-state index in [9.17, 15) is 0 Å². The van der Waals surface area contributed by atoms with Crippen molar-refractivity contribution < 1.29 is 0 Å². The molecule has 3 rings (SSSR count). The molecule has 1 aromatic carbocycles. The molecule has 0 bridgehead atoms. The molecule has 0 amide bonds. The van der Waals surface area contributed by atoms with E-state index >= 15 is 0 Å². The van der Waals surface area contributed by atoms with Gasteiger partial charge in [0, 0.05) is 5.41 Å². The summed E-state index contributed by atoms with van der Waals surface area (Å²) in [7, 11) is 0. The fraction of sp³-hybridized carbons (Fsp3) is 0.231. The van der Waals surface area contributed by atoms with Crippen LogP contribution >= 0.6 is 0 Å². The van der Waals surface area contributed by atoms with Gasteiger partial charge in [-0.1, -0.05) is 54.6 Å². The zero-order chi connectivity index (χ0) is 8.73. The summed E-state index contributed by atoms with van der Waals surface area (Å²) in [6, 6.07) is 10.8. The SMILES string of the molecule is C1=CC2(C=C1)C[C@H]2c1ccccc1. The monoisotopic (exact) mass is 168 g/mol. The highest BCUT2D eigenvalue weighted by Gasteiger charge is 2.51. The molecule has 2 aliphatic rings. The summed E-state index contributed by atoms with van der Waals surface area (Å²) in [6.45, 7) is 0. The number of benzene rings is 1. The van der Waals surface area contributed by atoms with Gasteiger partial charge in [-0.25, -0.2) is 0 Å². The van der Waals surface area contributed by atoms with Gasteiger partial charge in [0.2, 0.25) is 0 Å². The first-order chi connectivity index (χ1) is 6.41. The third kappa shape index (κ3) is 0.983. The van der Waals surface area contributed by atoms with Crippen LogP contribution in [0.25, 0.3) is 0 Å². The van der Waals surface area contributed by atoms with Gasteiger partial charge in [-0.3, -0.25) is 0 Å². The summed E-state index contributed by atoms with van der Waals surface area (Å²) in [5.41, 5.74) is 1.89. The van der Waals surface area contributed by atoms with Crippen molar-refractivity contribution in [3.63, 3.8) is 0 Å². The van der Waals surface area contributed by atoms with Crippen LogP contribution in [0, 0.1) is 5.41 Å². The van der Waals surface area contributed by atoms with Crippen LogP contribution in [0.3, 0.4) is 0 Å². The Morgan fingerprint density at radius 2 is 1.69 bits per heavy atom. The van der Waals surface area contributed by atoms with Crippen LogP contribution in [0.5, 0.6) is 0 Å². The van der Waals surface area contributed by atoms with E-state index in [4.69, 9.17) is 0 Å². The first kappa shape index (κ1) is 7.14. The summed E-state index contributed by atoms with van der Waals surface area (Å²) in [6.07, 6.45) is 10.3. The number of hydrogen-bond donors (Lipinski definition) is 0. The predicted molar refractivity (Wildman–Crippen MR) is 54.5 cm³/mol. The van der Waals surface area contributed by atoms with E-state index in [1.807, 2.05) is 0 Å². The molecule has 0 radical (unpaired) electrons. The third-order valence-electron chi connectivity index (χ3n) is 3.17. The highest BCUT2D eigenvalue weighted by Crippen LogP contribution is 2.62. The summed E-state index contributed by atoms with van der Waals surface area (Å²) in [5.74, 6) is 0.740. The van der Waals surface area contributed by atoms with E-state index in [1.165, 1.54) is 12.0 Å². The number of allylic oxidation sites excluding steroid dienone is 4. The van der Waals surface area contributed by atoms with Gasteiger partial charge in [-0.05, 0) is 17.9 Å². The Bertz CT molecular complexity index is 358. The first-order valence-corrected chi connectivity index (χ1v) is 4.83. The minimum Gasteiger partial charge on any atom is -0.0739 e. The summed E-state index contributed by atoms with van der Waals surface area (Å²) >= 11 is 0. The Morgan fingerprint density at radius 1 is 1.00 bits per heavy atom. The molecule has 0 saturated heterocycles. The quantitative estimate of drug-likeness (QED) is 0.603. The Labute approximate surface area is 78.6 Å². The van der Waals surface area contributed by atoms with Gasteiger partial charge in [0.15, 0.2) is 0 Å². The van der Waals surface area contributed by atoms with Gasteiger partial charge in [0.1, 0.15) is 0 Å². The number of hydrogen-bond acceptors (Lipinski definition) is 0. The lowest BCUT2D eigenvalue weighted by atomic mass is 10.0. The molecular formula is C13H12. The van der Waals surface area contributed by atoms with E-state index in [0.717, 1.165) is 5.92 Å². The molecule has 0 nitrogen and oxygen atoms in total. The maximum atomic E-state index is 2.34. The second kappa shape index (κ2) is 2.35. The zero-order valence-corrected chi connectivity index (χ0v) is 7.48. The van der Waals surface area contributed by atoms with Crippen molar-refractivity contribution in [3.05, 3.63) is 60.2 Å². The standard InChI is InChI=1S/C13H12/c1-2-6-11(7-3-1)12-10-13(12)8-4-5-9-13/h1-9,12H,10H2/t12-/m0/s1. The normalized spacial score (nSPS) is 26.9. The predicted octanol–water partition coefficient (Wildman–Crippen LogP) is 3.29. The average molecular weight is 168 g/mol. The van der Waals surface area contributed by atoms with Gasteiger partial charge < -0.3 is 0 Å². The maximum absolute atomic E-state index is 2.34. The molecule has 0 heterocycles. The molecular weight excluding hydrogens is 156 g/mol. The van der Waals surface area contributed by atoms with Crippen LogP contribution in [0.2, 0.25) is 0 Å². The fourth-order valence-electron chi connectivity index (χ4n) is 2.30. The van der Waals surface area contributed by atoms with E-state index in [0.29, 0.717) is 5.41 Å². The van der Waals surface area contributed by atoms with Crippen LogP contribution in [-0.2, 0) is 0 Å². The van der Waals surface area contributed by atoms with Crippen LogP contribution < -0.4 is 0 Å². The van der Waals surface area contributed by atoms with Crippen molar-refractivity contribution in [2.75, 3.05) is 0 Å². The van der Waals surface area contributed by atoms with E-state index in [2.05, 4.69) is 54.6 Å². The van der Waals surface area contributed by atoms with Crippen molar-refractivity contribution in [1.82, 2.24) is 0 Å². The Kier molecular flexibility index (Phi) is 1.29. The molecule has 0 N–H and O–H groups in total. The van der Waals surface area contributed by atoms with Crippen molar-refractivity contribution in [2.24, 2.45) is 5.41 Å². The van der Waals surface area contributed by atoms with Crippen LogP contribution in [0.1, 0.15) is 17.9 Å². The summed E-state index contributed by atoms with van der Waals surface area (Å²) in [4.78, 5) is 0. The molecule has 1 fully saturated rings. The van der Waals surface area contributed by atoms with Crippen molar-refractivity contribution in [3.8, 4) is 0 Å². The van der Waals surface area contributed by atoms with Crippen molar-refractivity contribution in [2.45, 2.75) is 12.3 Å². The highest BCUT2D eigenvalue weighted by molar-refractivity contribution is 5.42. The minimum absolute atomic E-state index is 0.404. The Morgan fingerprint density at radius 3 is 2.38 bits per heavy atom. The van der Waals surface area contributed by atoms with Crippen LogP contribution in [-0.4, -0.2) is 0 Å². The largest absolute Gasteiger partial charge is 0.0739 e. The second-order valence-corrected chi connectivity index (χ2v) is 4.00. The van der Waals surface area contributed by atoms with E-state index < -0.39 is 0 Å². The molecule has 2 aliphatic carbocycles. The van der Waals surface area contributed by atoms with Crippen LogP contribution in [0.4, 0.5) is 0 Å². The first-order valence-electron chi connectivity index (χ1n) is 4.83. The average Bonchev–Trinajstić information content (AvgIpc) is 2.66. The summed E-state index contributed by atoms with van der Waals surface area (Å²) in [5, 5.41) is 0. The molecule has 1 saturated carbocycles. The molecule has 64 valence electrons. The van der Waals surface area contributed by atoms with Gasteiger partial charge in [-0.15, -0.1) is 0 Å². The zero-order valence-electron chi connectivity index (χ0n) is 7.48.